The number of hydrogen-bond acceptors (Lipinski definition) is 3. The van der Waals surface area contributed by atoms with E-state index in [1.165, 1.54) is 20.2 Å². The lowest BCUT2D eigenvalue weighted by Gasteiger charge is -2.13. The van der Waals surface area contributed by atoms with Crippen molar-refractivity contribution in [2.24, 2.45) is 0 Å². The van der Waals surface area contributed by atoms with Crippen LogP contribution < -0.4 is 0 Å². The van der Waals surface area contributed by atoms with Crippen molar-refractivity contribution in [2.45, 2.75) is 6.92 Å². The van der Waals surface area contributed by atoms with Gasteiger partial charge in [-0.15, -0.1) is 0 Å². The first-order valence-electron chi connectivity index (χ1n) is 4.01. The topological polar surface area (TPSA) is 42.4 Å². The summed E-state index contributed by atoms with van der Waals surface area (Å²) >= 11 is 5.79. The molecule has 1 heterocycles. The van der Waals surface area contributed by atoms with Crippen LogP contribution in [0.25, 0.3) is 0 Å². The Kier molecular flexibility index (Phi) is 3.43. The first-order valence-corrected chi connectivity index (χ1v) is 4.38. The number of hydroxylamine groups is 2. The highest BCUT2D eigenvalue weighted by Crippen LogP contribution is 2.12. The molecule has 0 bridgehead atoms. The number of carbonyl (C=O) groups is 1. The van der Waals surface area contributed by atoms with Crippen molar-refractivity contribution >= 4 is 17.5 Å². The van der Waals surface area contributed by atoms with Crippen LogP contribution in [0.4, 0.5) is 0 Å². The first-order chi connectivity index (χ1) is 6.54. The summed E-state index contributed by atoms with van der Waals surface area (Å²) in [5.41, 5.74) is 0.977. The minimum Gasteiger partial charge on any atom is -0.274 e. The zero-order valence-corrected chi connectivity index (χ0v) is 9.00. The van der Waals surface area contributed by atoms with Gasteiger partial charge in [0.15, 0.2) is 0 Å². The molecular weight excluding hydrogens is 204 g/mol. The molecule has 0 unspecified atom stereocenters. The van der Waals surface area contributed by atoms with Crippen molar-refractivity contribution in [3.8, 4) is 0 Å². The number of rotatable bonds is 2. The molecule has 1 rings (SSSR count). The fraction of sp³-hybridized carbons (Fsp3) is 0.333. The Morgan fingerprint density at radius 3 is 2.71 bits per heavy atom. The third kappa shape index (κ3) is 2.43. The Balaban J connectivity index is 3.01. The fourth-order valence-corrected chi connectivity index (χ4v) is 1.24. The highest BCUT2D eigenvalue weighted by molar-refractivity contribution is 6.30. The zero-order chi connectivity index (χ0) is 10.7. The van der Waals surface area contributed by atoms with Crippen LogP contribution in [-0.4, -0.2) is 30.1 Å². The third-order valence-electron chi connectivity index (χ3n) is 1.70. The summed E-state index contributed by atoms with van der Waals surface area (Å²) < 4.78 is 0. The first kappa shape index (κ1) is 10.9. The maximum absolute atomic E-state index is 11.6. The average molecular weight is 215 g/mol. The van der Waals surface area contributed by atoms with E-state index >= 15 is 0 Å². The van der Waals surface area contributed by atoms with Crippen LogP contribution in [0.2, 0.25) is 5.02 Å². The zero-order valence-electron chi connectivity index (χ0n) is 8.24. The standard InChI is InChI=1S/C9H11ClN2O2/c1-6-4-7(10)5-8(11-6)9(13)12(2)14-3/h4-5H,1-3H3. The fourth-order valence-electron chi connectivity index (χ4n) is 0.980. The van der Waals surface area contributed by atoms with Gasteiger partial charge >= 0.3 is 0 Å². The third-order valence-corrected chi connectivity index (χ3v) is 1.92. The smallest absolute Gasteiger partial charge is 0.274 e. The highest BCUT2D eigenvalue weighted by Gasteiger charge is 2.13. The predicted molar refractivity (Wildman–Crippen MR) is 53.1 cm³/mol. The van der Waals surface area contributed by atoms with Gasteiger partial charge in [0.1, 0.15) is 5.69 Å². The normalized spacial score (nSPS) is 10.0. The molecule has 14 heavy (non-hydrogen) atoms. The summed E-state index contributed by atoms with van der Waals surface area (Å²) in [6, 6.07) is 3.19. The van der Waals surface area contributed by atoms with Crippen molar-refractivity contribution in [3.63, 3.8) is 0 Å². The van der Waals surface area contributed by atoms with E-state index in [1.54, 1.807) is 13.0 Å². The van der Waals surface area contributed by atoms with Crippen LogP contribution in [0.3, 0.4) is 0 Å². The summed E-state index contributed by atoms with van der Waals surface area (Å²) in [6.07, 6.45) is 0. The maximum Gasteiger partial charge on any atom is 0.295 e. The van der Waals surface area contributed by atoms with Gasteiger partial charge in [-0.1, -0.05) is 11.6 Å². The monoisotopic (exact) mass is 214 g/mol. The Morgan fingerprint density at radius 1 is 1.57 bits per heavy atom. The highest BCUT2D eigenvalue weighted by atomic mass is 35.5. The van der Waals surface area contributed by atoms with Crippen LogP contribution >= 0.6 is 11.6 Å². The van der Waals surface area contributed by atoms with Crippen LogP contribution in [0, 0.1) is 6.92 Å². The van der Waals surface area contributed by atoms with Gasteiger partial charge in [0.2, 0.25) is 0 Å². The van der Waals surface area contributed by atoms with Crippen molar-refractivity contribution in [3.05, 3.63) is 28.5 Å². The molecule has 1 aromatic rings. The van der Waals surface area contributed by atoms with E-state index in [9.17, 15) is 4.79 Å². The number of aryl methyl sites for hydroxylation is 1. The number of halogens is 1. The van der Waals surface area contributed by atoms with E-state index in [2.05, 4.69) is 4.98 Å². The van der Waals surface area contributed by atoms with Gasteiger partial charge in [-0.05, 0) is 19.1 Å². The number of aromatic nitrogens is 1. The molecule has 4 nitrogen and oxygen atoms in total. The summed E-state index contributed by atoms with van der Waals surface area (Å²) in [7, 11) is 2.93. The maximum atomic E-state index is 11.6. The molecule has 0 aliphatic heterocycles. The van der Waals surface area contributed by atoms with Gasteiger partial charge in [0, 0.05) is 17.8 Å². The van der Waals surface area contributed by atoms with E-state index in [0.717, 1.165) is 5.06 Å². The number of amides is 1. The molecular formula is C9H11ClN2O2. The number of hydrogen-bond donors (Lipinski definition) is 0. The van der Waals surface area contributed by atoms with Crippen molar-refractivity contribution in [1.29, 1.82) is 0 Å². The Morgan fingerprint density at radius 2 is 2.21 bits per heavy atom. The Hall–Kier alpha value is -1.13. The lowest BCUT2D eigenvalue weighted by Crippen LogP contribution is -2.26. The van der Waals surface area contributed by atoms with E-state index in [1.807, 2.05) is 0 Å². The molecule has 0 saturated carbocycles. The van der Waals surface area contributed by atoms with E-state index in [0.29, 0.717) is 10.7 Å². The van der Waals surface area contributed by atoms with Crippen molar-refractivity contribution in [1.82, 2.24) is 10.0 Å². The average Bonchev–Trinajstić information content (AvgIpc) is 2.14. The molecule has 0 saturated heterocycles. The minimum atomic E-state index is -0.321. The molecule has 0 atom stereocenters. The van der Waals surface area contributed by atoms with Crippen LogP contribution in [0.15, 0.2) is 12.1 Å². The molecule has 0 aliphatic rings. The molecule has 0 N–H and O–H groups in total. The second kappa shape index (κ2) is 4.39. The summed E-state index contributed by atoms with van der Waals surface area (Å²) in [5.74, 6) is -0.321. The molecule has 1 amide bonds. The molecule has 0 spiro atoms. The van der Waals surface area contributed by atoms with E-state index in [4.69, 9.17) is 16.4 Å². The van der Waals surface area contributed by atoms with Crippen LogP contribution in [-0.2, 0) is 4.84 Å². The number of carbonyl (C=O) groups excluding carboxylic acids is 1. The van der Waals surface area contributed by atoms with Gasteiger partial charge < -0.3 is 0 Å². The van der Waals surface area contributed by atoms with Crippen LogP contribution in [0.5, 0.6) is 0 Å². The SMILES string of the molecule is CON(C)C(=O)c1cc(Cl)cc(C)n1. The minimum absolute atomic E-state index is 0.277. The summed E-state index contributed by atoms with van der Waals surface area (Å²) in [4.78, 5) is 20.4. The molecule has 0 fully saturated rings. The van der Waals surface area contributed by atoms with Crippen molar-refractivity contribution in [2.75, 3.05) is 14.2 Å². The van der Waals surface area contributed by atoms with Gasteiger partial charge in [-0.3, -0.25) is 9.63 Å². The molecule has 76 valence electrons. The second-order valence-corrected chi connectivity index (χ2v) is 3.23. The number of pyridine rings is 1. The Labute approximate surface area is 87.4 Å². The molecule has 0 aliphatic carbocycles. The van der Waals surface area contributed by atoms with E-state index < -0.39 is 0 Å². The van der Waals surface area contributed by atoms with Crippen LogP contribution in [0.1, 0.15) is 16.2 Å². The second-order valence-electron chi connectivity index (χ2n) is 2.80. The van der Waals surface area contributed by atoms with Gasteiger partial charge in [0.25, 0.3) is 5.91 Å². The lowest BCUT2D eigenvalue weighted by molar-refractivity contribution is -0.0760. The lowest BCUT2D eigenvalue weighted by atomic mass is 10.3. The Bertz CT molecular complexity index is 334. The molecule has 0 aromatic carbocycles. The largest absolute Gasteiger partial charge is 0.295 e. The summed E-state index contributed by atoms with van der Waals surface area (Å²) in [5, 5.41) is 1.59. The van der Waals surface area contributed by atoms with Gasteiger partial charge in [0.05, 0.1) is 7.11 Å². The predicted octanol–water partition coefficient (Wildman–Crippen LogP) is 1.68. The van der Waals surface area contributed by atoms with Gasteiger partial charge in [-0.25, -0.2) is 10.0 Å². The molecule has 5 heteroatoms. The number of nitrogens with zero attached hydrogens (tertiary/aromatic N) is 2. The van der Waals surface area contributed by atoms with E-state index in [-0.39, 0.29) is 11.6 Å². The summed E-state index contributed by atoms with van der Waals surface area (Å²) in [6.45, 7) is 1.77. The quantitative estimate of drug-likeness (QED) is 0.704. The molecule has 0 radical (unpaired) electrons. The molecule has 1 aromatic heterocycles. The van der Waals surface area contributed by atoms with Gasteiger partial charge in [-0.2, -0.15) is 0 Å². The van der Waals surface area contributed by atoms with Crippen molar-refractivity contribution < 1.29 is 9.63 Å².